The standard InChI is InChI=1S/C18H23N5O3/c1-13(23-20-17(19-21-23)15-7-3-2-4-8-15)18(26)22-11-5-6-14(12-22)9-10-16(24)25/h2-4,7-8,13-14H,5-6,9-12H2,1H3,(H,24,25). The van der Waals surface area contributed by atoms with Gasteiger partial charge in [-0.2, -0.15) is 4.80 Å². The zero-order chi connectivity index (χ0) is 18.5. The Bertz CT molecular complexity index is 761. The van der Waals surface area contributed by atoms with Crippen LogP contribution in [0.25, 0.3) is 11.4 Å². The molecule has 1 aliphatic rings. The van der Waals surface area contributed by atoms with Crippen molar-refractivity contribution in [1.29, 1.82) is 0 Å². The average molecular weight is 357 g/mol. The minimum atomic E-state index is -0.790. The predicted octanol–water partition coefficient (Wildman–Crippen LogP) is 2.00. The summed E-state index contributed by atoms with van der Waals surface area (Å²) in [5.74, 6) is -0.119. The minimum absolute atomic E-state index is 0.0537. The fourth-order valence-electron chi connectivity index (χ4n) is 3.28. The molecule has 0 bridgehead atoms. The fourth-order valence-corrected chi connectivity index (χ4v) is 3.28. The molecule has 0 aliphatic carbocycles. The summed E-state index contributed by atoms with van der Waals surface area (Å²) in [6.07, 6.45) is 2.61. The third kappa shape index (κ3) is 4.25. The van der Waals surface area contributed by atoms with Crippen LogP contribution in [0.15, 0.2) is 30.3 Å². The van der Waals surface area contributed by atoms with Crippen LogP contribution >= 0.6 is 0 Å². The number of benzene rings is 1. The number of piperidine rings is 1. The maximum Gasteiger partial charge on any atom is 0.303 e. The highest BCUT2D eigenvalue weighted by atomic mass is 16.4. The molecular formula is C18H23N5O3. The van der Waals surface area contributed by atoms with Crippen molar-refractivity contribution in [1.82, 2.24) is 25.1 Å². The second-order valence-corrected chi connectivity index (χ2v) is 6.70. The molecule has 8 heteroatoms. The van der Waals surface area contributed by atoms with Gasteiger partial charge in [-0.1, -0.05) is 30.3 Å². The van der Waals surface area contributed by atoms with E-state index in [1.807, 2.05) is 30.3 Å². The number of aliphatic carboxylic acids is 1. The van der Waals surface area contributed by atoms with Crippen LogP contribution in [0.4, 0.5) is 0 Å². The summed E-state index contributed by atoms with van der Waals surface area (Å²) in [5, 5.41) is 21.3. The molecule has 2 unspecified atom stereocenters. The highest BCUT2D eigenvalue weighted by molar-refractivity contribution is 5.80. The van der Waals surface area contributed by atoms with E-state index in [9.17, 15) is 9.59 Å². The van der Waals surface area contributed by atoms with E-state index in [1.54, 1.807) is 11.8 Å². The molecule has 138 valence electrons. The largest absolute Gasteiger partial charge is 0.481 e. The molecule has 1 aromatic carbocycles. The molecule has 1 fully saturated rings. The van der Waals surface area contributed by atoms with E-state index in [0.717, 1.165) is 18.4 Å². The molecule has 2 aromatic rings. The van der Waals surface area contributed by atoms with E-state index in [2.05, 4.69) is 15.4 Å². The Morgan fingerprint density at radius 1 is 1.31 bits per heavy atom. The van der Waals surface area contributed by atoms with Gasteiger partial charge in [0.2, 0.25) is 11.7 Å². The number of aromatic nitrogens is 4. The Kier molecular flexibility index (Phi) is 5.60. The zero-order valence-corrected chi connectivity index (χ0v) is 14.8. The van der Waals surface area contributed by atoms with Crippen molar-refractivity contribution in [2.45, 2.75) is 38.6 Å². The lowest BCUT2D eigenvalue weighted by molar-refractivity contribution is -0.137. The van der Waals surface area contributed by atoms with Crippen molar-refractivity contribution in [2.24, 2.45) is 5.92 Å². The number of amides is 1. The van der Waals surface area contributed by atoms with Gasteiger partial charge in [-0.15, -0.1) is 10.2 Å². The van der Waals surface area contributed by atoms with Crippen molar-refractivity contribution in [2.75, 3.05) is 13.1 Å². The minimum Gasteiger partial charge on any atom is -0.481 e. The fraction of sp³-hybridized carbons (Fsp3) is 0.500. The van der Waals surface area contributed by atoms with Crippen LogP contribution in [0, 0.1) is 5.92 Å². The molecule has 1 aromatic heterocycles. The summed E-state index contributed by atoms with van der Waals surface area (Å²) >= 11 is 0. The maximum absolute atomic E-state index is 12.8. The van der Waals surface area contributed by atoms with Gasteiger partial charge in [0.05, 0.1) is 0 Å². The summed E-state index contributed by atoms with van der Waals surface area (Å²) in [7, 11) is 0. The first-order valence-corrected chi connectivity index (χ1v) is 8.90. The van der Waals surface area contributed by atoms with Gasteiger partial charge in [-0.05, 0) is 37.3 Å². The first-order valence-electron chi connectivity index (χ1n) is 8.90. The number of hydrogen-bond acceptors (Lipinski definition) is 5. The first kappa shape index (κ1) is 18.0. The van der Waals surface area contributed by atoms with Crippen LogP contribution in [0.1, 0.15) is 38.6 Å². The highest BCUT2D eigenvalue weighted by Gasteiger charge is 2.29. The predicted molar refractivity (Wildman–Crippen MR) is 94.1 cm³/mol. The van der Waals surface area contributed by atoms with E-state index < -0.39 is 12.0 Å². The Morgan fingerprint density at radius 3 is 2.81 bits per heavy atom. The van der Waals surface area contributed by atoms with E-state index >= 15 is 0 Å². The number of hydrogen-bond donors (Lipinski definition) is 1. The normalized spacial score (nSPS) is 18.5. The van der Waals surface area contributed by atoms with Crippen molar-refractivity contribution < 1.29 is 14.7 Å². The number of carboxylic acids is 1. The molecule has 8 nitrogen and oxygen atoms in total. The number of carboxylic acid groups (broad SMARTS) is 1. The monoisotopic (exact) mass is 357 g/mol. The molecule has 26 heavy (non-hydrogen) atoms. The number of carbonyl (C=O) groups is 2. The summed E-state index contributed by atoms with van der Waals surface area (Å²) in [5.41, 5.74) is 0.852. The van der Waals surface area contributed by atoms with Crippen LogP contribution in [-0.4, -0.2) is 55.2 Å². The first-order chi connectivity index (χ1) is 12.5. The zero-order valence-electron chi connectivity index (χ0n) is 14.8. The van der Waals surface area contributed by atoms with E-state index in [1.165, 1.54) is 4.80 Å². The molecule has 0 saturated carbocycles. The molecule has 2 heterocycles. The highest BCUT2D eigenvalue weighted by Crippen LogP contribution is 2.23. The Balaban J connectivity index is 1.64. The summed E-state index contributed by atoms with van der Waals surface area (Å²) in [4.78, 5) is 26.7. The number of rotatable bonds is 6. The van der Waals surface area contributed by atoms with Gasteiger partial charge in [0.15, 0.2) is 0 Å². The van der Waals surface area contributed by atoms with Crippen LogP contribution in [-0.2, 0) is 9.59 Å². The molecule has 1 N–H and O–H groups in total. The van der Waals surface area contributed by atoms with E-state index in [4.69, 9.17) is 5.11 Å². The van der Waals surface area contributed by atoms with Crippen molar-refractivity contribution in [3.8, 4) is 11.4 Å². The Hall–Kier alpha value is -2.77. The van der Waals surface area contributed by atoms with Gasteiger partial charge < -0.3 is 10.0 Å². The third-order valence-electron chi connectivity index (χ3n) is 4.76. The van der Waals surface area contributed by atoms with Gasteiger partial charge in [0, 0.05) is 25.1 Å². The maximum atomic E-state index is 12.8. The molecule has 1 aliphatic heterocycles. The van der Waals surface area contributed by atoms with Gasteiger partial charge in [-0.25, -0.2) is 0 Å². The quantitative estimate of drug-likeness (QED) is 0.848. The lowest BCUT2D eigenvalue weighted by atomic mass is 9.93. The molecule has 0 radical (unpaired) electrons. The summed E-state index contributed by atoms with van der Waals surface area (Å²) in [6, 6.07) is 8.96. The summed E-state index contributed by atoms with van der Waals surface area (Å²) in [6.45, 7) is 3.04. The third-order valence-corrected chi connectivity index (χ3v) is 4.76. The van der Waals surface area contributed by atoms with E-state index in [0.29, 0.717) is 25.3 Å². The van der Waals surface area contributed by atoms with Crippen molar-refractivity contribution >= 4 is 11.9 Å². The summed E-state index contributed by atoms with van der Waals surface area (Å²) < 4.78 is 0. The second-order valence-electron chi connectivity index (χ2n) is 6.70. The smallest absolute Gasteiger partial charge is 0.303 e. The second kappa shape index (κ2) is 8.07. The van der Waals surface area contributed by atoms with Gasteiger partial charge in [0.1, 0.15) is 6.04 Å². The van der Waals surface area contributed by atoms with Gasteiger partial charge >= 0.3 is 5.97 Å². The molecular weight excluding hydrogens is 334 g/mol. The lowest BCUT2D eigenvalue weighted by Gasteiger charge is -2.33. The van der Waals surface area contributed by atoms with Crippen LogP contribution in [0.2, 0.25) is 0 Å². The molecule has 1 saturated heterocycles. The number of nitrogens with zero attached hydrogens (tertiary/aromatic N) is 5. The number of carbonyl (C=O) groups excluding carboxylic acids is 1. The van der Waals surface area contributed by atoms with Crippen molar-refractivity contribution in [3.05, 3.63) is 30.3 Å². The average Bonchev–Trinajstić information content (AvgIpc) is 3.16. The Labute approximate surface area is 151 Å². The molecule has 3 rings (SSSR count). The van der Waals surface area contributed by atoms with Gasteiger partial charge in [-0.3, -0.25) is 9.59 Å². The Morgan fingerprint density at radius 2 is 2.08 bits per heavy atom. The van der Waals surface area contributed by atoms with Crippen molar-refractivity contribution in [3.63, 3.8) is 0 Å². The molecule has 2 atom stereocenters. The topological polar surface area (TPSA) is 101 Å². The lowest BCUT2D eigenvalue weighted by Crippen LogP contribution is -2.43. The van der Waals surface area contributed by atoms with Crippen LogP contribution in [0.3, 0.4) is 0 Å². The molecule has 1 amide bonds. The number of likely N-dealkylation sites (tertiary alicyclic amines) is 1. The van der Waals surface area contributed by atoms with E-state index in [-0.39, 0.29) is 18.2 Å². The van der Waals surface area contributed by atoms with Crippen LogP contribution < -0.4 is 0 Å². The number of tetrazole rings is 1. The molecule has 0 spiro atoms. The van der Waals surface area contributed by atoms with Crippen LogP contribution in [0.5, 0.6) is 0 Å². The SMILES string of the molecule is CC(C(=O)N1CCCC(CCC(=O)O)C1)n1nnc(-c2ccccc2)n1. The van der Waals surface area contributed by atoms with Gasteiger partial charge in [0.25, 0.3) is 0 Å².